The van der Waals surface area contributed by atoms with E-state index in [1.807, 2.05) is 12.2 Å². The Bertz CT molecular complexity index is 1780. The Morgan fingerprint density at radius 3 is 1.95 bits per heavy atom. The summed E-state index contributed by atoms with van der Waals surface area (Å²) in [5.41, 5.74) is 9.35. The van der Waals surface area contributed by atoms with Gasteiger partial charge in [-0.2, -0.15) is 0 Å². The Morgan fingerprint density at radius 2 is 1.30 bits per heavy atom. The standard InChI is InChI=1S/C40H38/c1-6-30-31(7-2)39(33-18-12-14-27-13-8-9-15-32(27)33)35-17-11-10-16-34(35)38(30)29-21-19-28(20-22-29)36-23-40(25(3)4)24-37(40)26(36)5/h6-22,25-26,36-37H,1-2,23-24H2,3-5H3. The predicted octanol–water partition coefficient (Wildman–Crippen LogP) is 11.4. The Labute approximate surface area is 239 Å². The highest BCUT2D eigenvalue weighted by molar-refractivity contribution is 6.14. The molecular formula is C40H38. The van der Waals surface area contributed by atoms with Crippen LogP contribution in [-0.2, 0) is 0 Å². The van der Waals surface area contributed by atoms with Crippen LogP contribution in [0, 0.1) is 23.2 Å². The molecule has 0 heteroatoms. The first kappa shape index (κ1) is 25.1. The molecule has 2 aliphatic rings. The maximum Gasteiger partial charge on any atom is -0.00204 e. The largest absolute Gasteiger partial charge is 0.0984 e. The zero-order chi connectivity index (χ0) is 27.6. The molecule has 0 bridgehead atoms. The Morgan fingerprint density at radius 1 is 0.700 bits per heavy atom. The van der Waals surface area contributed by atoms with Crippen molar-refractivity contribution < 1.29 is 0 Å². The topological polar surface area (TPSA) is 0 Å². The highest BCUT2D eigenvalue weighted by Crippen LogP contribution is 2.73. The first-order valence-corrected chi connectivity index (χ1v) is 14.9. The Hall–Kier alpha value is -3.90. The summed E-state index contributed by atoms with van der Waals surface area (Å²) in [6, 6.07) is 33.6. The average molecular weight is 519 g/mol. The first-order valence-electron chi connectivity index (χ1n) is 14.9. The normalized spacial score (nSPS) is 23.4. The lowest BCUT2D eigenvalue weighted by atomic mass is 9.81. The summed E-state index contributed by atoms with van der Waals surface area (Å²) in [5.74, 6) is 3.13. The smallest absolute Gasteiger partial charge is 0.00204 e. The molecule has 5 aromatic rings. The van der Waals surface area contributed by atoms with Gasteiger partial charge in [-0.1, -0.05) is 137 Å². The molecule has 4 unspecified atom stereocenters. The van der Waals surface area contributed by atoms with Crippen LogP contribution in [0.3, 0.4) is 0 Å². The lowest BCUT2D eigenvalue weighted by Crippen LogP contribution is -2.10. The minimum absolute atomic E-state index is 0.589. The monoisotopic (exact) mass is 518 g/mol. The molecule has 2 fully saturated rings. The van der Waals surface area contributed by atoms with Gasteiger partial charge in [0.15, 0.2) is 0 Å². The van der Waals surface area contributed by atoms with Crippen LogP contribution in [0.4, 0.5) is 0 Å². The van der Waals surface area contributed by atoms with Crippen LogP contribution in [0.1, 0.15) is 56.2 Å². The molecule has 2 aliphatic carbocycles. The van der Waals surface area contributed by atoms with Gasteiger partial charge in [0.1, 0.15) is 0 Å². The van der Waals surface area contributed by atoms with Gasteiger partial charge in [-0.15, -0.1) is 0 Å². The number of rotatable bonds is 6. The summed E-state index contributed by atoms with van der Waals surface area (Å²) in [6.07, 6.45) is 6.83. The molecule has 0 nitrogen and oxygen atoms in total. The molecule has 0 aromatic heterocycles. The molecular weight excluding hydrogens is 480 g/mol. The summed E-state index contributed by atoms with van der Waals surface area (Å²) in [6.45, 7) is 16.0. The third kappa shape index (κ3) is 3.58. The fourth-order valence-corrected chi connectivity index (χ4v) is 8.34. The highest BCUT2D eigenvalue weighted by Gasteiger charge is 2.64. The van der Waals surface area contributed by atoms with Crippen molar-refractivity contribution in [1.29, 1.82) is 0 Å². The summed E-state index contributed by atoms with van der Waals surface area (Å²) < 4.78 is 0. The number of hydrogen-bond acceptors (Lipinski definition) is 0. The molecule has 40 heavy (non-hydrogen) atoms. The maximum atomic E-state index is 4.31. The van der Waals surface area contributed by atoms with E-state index in [-0.39, 0.29) is 0 Å². The third-order valence-electron chi connectivity index (χ3n) is 10.6. The molecule has 0 radical (unpaired) electrons. The molecule has 5 aromatic carbocycles. The summed E-state index contributed by atoms with van der Waals surface area (Å²) >= 11 is 0. The van der Waals surface area contributed by atoms with Crippen molar-refractivity contribution in [3.63, 3.8) is 0 Å². The minimum atomic E-state index is 0.589. The van der Waals surface area contributed by atoms with Crippen LogP contribution in [0.15, 0.2) is 104 Å². The molecule has 0 heterocycles. The number of fused-ring (bicyclic) bond motifs is 3. The quantitative estimate of drug-likeness (QED) is 0.210. The van der Waals surface area contributed by atoms with Gasteiger partial charge in [0, 0.05) is 0 Å². The summed E-state index contributed by atoms with van der Waals surface area (Å²) in [7, 11) is 0. The summed E-state index contributed by atoms with van der Waals surface area (Å²) in [5, 5.41) is 5.01. The van der Waals surface area contributed by atoms with Crippen molar-refractivity contribution in [3.05, 3.63) is 121 Å². The highest BCUT2D eigenvalue weighted by atomic mass is 14.7. The van der Waals surface area contributed by atoms with Gasteiger partial charge in [0.05, 0.1) is 0 Å². The van der Waals surface area contributed by atoms with Crippen LogP contribution in [0.25, 0.3) is 56.0 Å². The Kier molecular flexibility index (Phi) is 5.86. The third-order valence-corrected chi connectivity index (χ3v) is 10.6. The van der Waals surface area contributed by atoms with Crippen molar-refractivity contribution in [1.82, 2.24) is 0 Å². The lowest BCUT2D eigenvalue weighted by Gasteiger charge is -2.23. The van der Waals surface area contributed by atoms with Gasteiger partial charge in [0.2, 0.25) is 0 Å². The molecule has 7 rings (SSSR count). The van der Waals surface area contributed by atoms with Gasteiger partial charge in [-0.25, -0.2) is 0 Å². The van der Waals surface area contributed by atoms with Crippen molar-refractivity contribution >= 4 is 33.7 Å². The lowest BCUT2D eigenvalue weighted by molar-refractivity contribution is 0.335. The average Bonchev–Trinajstić information content (AvgIpc) is 3.67. The second-order valence-corrected chi connectivity index (χ2v) is 12.5. The SMILES string of the molecule is C=Cc1c(C=C)c(-c2cccc3ccccc23)c2ccccc2c1-c1ccc(C2CC3(C(C)C)CC3C2C)cc1. The zero-order valence-corrected chi connectivity index (χ0v) is 24.0. The molecule has 4 atom stereocenters. The van der Waals surface area contributed by atoms with E-state index in [2.05, 4.69) is 125 Å². The van der Waals surface area contributed by atoms with Gasteiger partial charge in [0.25, 0.3) is 0 Å². The molecule has 0 spiro atoms. The predicted molar refractivity (Wildman–Crippen MR) is 174 cm³/mol. The fraction of sp³-hybridized carbons (Fsp3) is 0.250. The van der Waals surface area contributed by atoms with E-state index in [1.165, 1.54) is 62.2 Å². The zero-order valence-electron chi connectivity index (χ0n) is 24.0. The first-order chi connectivity index (χ1) is 19.5. The van der Waals surface area contributed by atoms with Crippen LogP contribution >= 0.6 is 0 Å². The van der Waals surface area contributed by atoms with Gasteiger partial charge >= 0.3 is 0 Å². The van der Waals surface area contributed by atoms with Crippen LogP contribution in [-0.4, -0.2) is 0 Å². The minimum Gasteiger partial charge on any atom is -0.0984 e. The molecule has 0 N–H and O–H groups in total. The number of benzene rings is 5. The molecule has 2 saturated carbocycles. The van der Waals surface area contributed by atoms with Gasteiger partial charge in [-0.3, -0.25) is 0 Å². The van der Waals surface area contributed by atoms with Gasteiger partial charge in [-0.05, 0) is 102 Å². The van der Waals surface area contributed by atoms with Gasteiger partial charge < -0.3 is 0 Å². The van der Waals surface area contributed by atoms with E-state index in [0.29, 0.717) is 11.3 Å². The van der Waals surface area contributed by atoms with E-state index in [0.717, 1.165) is 28.9 Å². The summed E-state index contributed by atoms with van der Waals surface area (Å²) in [4.78, 5) is 0. The van der Waals surface area contributed by atoms with Crippen LogP contribution in [0.5, 0.6) is 0 Å². The molecule has 0 amide bonds. The second-order valence-electron chi connectivity index (χ2n) is 12.5. The Balaban J connectivity index is 1.40. The van der Waals surface area contributed by atoms with E-state index < -0.39 is 0 Å². The van der Waals surface area contributed by atoms with Crippen molar-refractivity contribution in [2.45, 2.75) is 39.5 Å². The maximum absolute atomic E-state index is 4.31. The van der Waals surface area contributed by atoms with E-state index in [9.17, 15) is 0 Å². The van der Waals surface area contributed by atoms with Crippen LogP contribution < -0.4 is 0 Å². The van der Waals surface area contributed by atoms with E-state index in [1.54, 1.807) is 0 Å². The van der Waals surface area contributed by atoms with Crippen molar-refractivity contribution in [3.8, 4) is 22.3 Å². The number of hydrogen-bond donors (Lipinski definition) is 0. The molecule has 198 valence electrons. The fourth-order valence-electron chi connectivity index (χ4n) is 8.34. The van der Waals surface area contributed by atoms with Crippen molar-refractivity contribution in [2.75, 3.05) is 0 Å². The van der Waals surface area contributed by atoms with Crippen molar-refractivity contribution in [2.24, 2.45) is 23.2 Å². The molecule has 0 aliphatic heterocycles. The van der Waals surface area contributed by atoms with Crippen LogP contribution in [0.2, 0.25) is 0 Å². The van der Waals surface area contributed by atoms with E-state index >= 15 is 0 Å². The second kappa shape index (κ2) is 9.34. The van der Waals surface area contributed by atoms with E-state index in [4.69, 9.17) is 0 Å². The molecule has 0 saturated heterocycles.